The van der Waals surface area contributed by atoms with Crippen LogP contribution in [0.25, 0.3) is 0 Å². The maximum absolute atomic E-state index is 12.8. The van der Waals surface area contributed by atoms with Crippen LogP contribution in [-0.4, -0.2) is 30.1 Å². The molecule has 1 heterocycles. The third kappa shape index (κ3) is 4.82. The van der Waals surface area contributed by atoms with Crippen molar-refractivity contribution in [2.45, 2.75) is 40.0 Å². The van der Waals surface area contributed by atoms with Crippen molar-refractivity contribution in [3.8, 4) is 0 Å². The number of anilines is 1. The maximum atomic E-state index is 12.8. The fraction of sp³-hybridized carbons (Fsp3) is 0.455. The summed E-state index contributed by atoms with van der Waals surface area (Å²) < 4.78 is 0. The largest absolute Gasteiger partial charge is 0.395 e. The Morgan fingerprint density at radius 3 is 2.62 bits per heavy atom. The molecular weight excluding hydrogens is 408 g/mol. The number of aliphatic hydroxyl groups is 1. The average Bonchev–Trinajstić information content (AvgIpc) is 3.02. The predicted octanol–water partition coefficient (Wildman–Crippen LogP) is 4.53. The summed E-state index contributed by atoms with van der Waals surface area (Å²) in [6.07, 6.45) is 2.70. The molecule has 1 aromatic carbocycles. The van der Waals surface area contributed by atoms with E-state index in [9.17, 15) is 9.59 Å². The topological polar surface area (TPSA) is 78.4 Å². The summed E-state index contributed by atoms with van der Waals surface area (Å²) in [5, 5.41) is 15.6. The molecule has 156 valence electrons. The summed E-state index contributed by atoms with van der Waals surface area (Å²) in [6.45, 7) is 6.76. The molecule has 3 N–H and O–H groups in total. The molecule has 0 radical (unpaired) electrons. The summed E-state index contributed by atoms with van der Waals surface area (Å²) in [4.78, 5) is 26.8. The first-order valence-electron chi connectivity index (χ1n) is 9.81. The van der Waals surface area contributed by atoms with Gasteiger partial charge in [-0.05, 0) is 48.3 Å². The molecule has 0 spiro atoms. The van der Waals surface area contributed by atoms with Gasteiger partial charge in [0.25, 0.3) is 11.8 Å². The van der Waals surface area contributed by atoms with Gasteiger partial charge in [0.05, 0.1) is 22.8 Å². The Morgan fingerprint density at radius 2 is 1.97 bits per heavy atom. The number of benzene rings is 1. The fourth-order valence-electron chi connectivity index (χ4n) is 3.73. The Hall–Kier alpha value is -1.89. The molecule has 0 unspecified atom stereocenters. The van der Waals surface area contributed by atoms with Gasteiger partial charge < -0.3 is 15.7 Å². The lowest BCUT2D eigenvalue weighted by Crippen LogP contribution is -2.30. The van der Waals surface area contributed by atoms with Crippen LogP contribution < -0.4 is 10.6 Å². The average molecular weight is 435 g/mol. The summed E-state index contributed by atoms with van der Waals surface area (Å²) in [7, 11) is 0. The summed E-state index contributed by atoms with van der Waals surface area (Å²) >= 11 is 7.64. The van der Waals surface area contributed by atoms with Gasteiger partial charge in [0.2, 0.25) is 0 Å². The van der Waals surface area contributed by atoms with Gasteiger partial charge in [-0.25, -0.2) is 0 Å². The quantitative estimate of drug-likeness (QED) is 0.647. The number of carbonyl (C=O) groups is 2. The predicted molar refractivity (Wildman–Crippen MR) is 118 cm³/mol. The van der Waals surface area contributed by atoms with Gasteiger partial charge in [0, 0.05) is 11.4 Å². The number of nitrogens with one attached hydrogen (secondary N) is 2. The van der Waals surface area contributed by atoms with Crippen LogP contribution in [0.1, 0.15) is 58.3 Å². The third-order valence-electron chi connectivity index (χ3n) is 5.46. The smallest absolute Gasteiger partial charge is 0.257 e. The lowest BCUT2D eigenvalue weighted by Gasteiger charge is -2.33. The number of amides is 2. The van der Waals surface area contributed by atoms with E-state index in [2.05, 4.69) is 31.4 Å². The van der Waals surface area contributed by atoms with Gasteiger partial charge in [-0.3, -0.25) is 9.59 Å². The van der Waals surface area contributed by atoms with Crippen LogP contribution in [0.4, 0.5) is 5.00 Å². The highest BCUT2D eigenvalue weighted by molar-refractivity contribution is 7.17. The lowest BCUT2D eigenvalue weighted by atomic mass is 9.72. The molecular formula is C22H27ClN2O3S. The number of fused-ring (bicyclic) bond motifs is 1. The zero-order chi connectivity index (χ0) is 21.2. The zero-order valence-electron chi connectivity index (χ0n) is 17.0. The molecule has 2 aromatic rings. The van der Waals surface area contributed by atoms with Gasteiger partial charge in [-0.2, -0.15) is 0 Å². The molecule has 2 amide bonds. The normalized spacial score (nSPS) is 16.2. The second-order valence-corrected chi connectivity index (χ2v) is 9.94. The van der Waals surface area contributed by atoms with Gasteiger partial charge in [0.1, 0.15) is 5.00 Å². The van der Waals surface area contributed by atoms with Gasteiger partial charge in [-0.15, -0.1) is 11.3 Å². The second kappa shape index (κ2) is 8.86. The maximum Gasteiger partial charge on any atom is 0.257 e. The SMILES string of the molecule is CC(C)(C)[C@H]1CCc2c(sc(NC(=O)c3ccccc3Cl)c2C(=O)NCCO)C1. The first-order chi connectivity index (χ1) is 13.7. The molecule has 0 aliphatic heterocycles. The molecule has 7 heteroatoms. The molecule has 3 rings (SSSR count). The fourth-order valence-corrected chi connectivity index (χ4v) is 5.27. The molecule has 1 aliphatic rings. The second-order valence-electron chi connectivity index (χ2n) is 8.43. The van der Waals surface area contributed by atoms with Crippen molar-refractivity contribution in [1.29, 1.82) is 0 Å². The molecule has 29 heavy (non-hydrogen) atoms. The number of hydrogen-bond acceptors (Lipinski definition) is 4. The van der Waals surface area contributed by atoms with Crippen LogP contribution in [0, 0.1) is 11.3 Å². The molecule has 0 fully saturated rings. The first-order valence-corrected chi connectivity index (χ1v) is 11.0. The van der Waals surface area contributed by atoms with E-state index in [1.165, 1.54) is 11.3 Å². The van der Waals surface area contributed by atoms with Crippen LogP contribution in [-0.2, 0) is 12.8 Å². The standard InChI is InChI=1S/C22H27ClN2O3S/c1-22(2,3)13-8-9-15-17(12-13)29-21(18(15)20(28)24-10-11-26)25-19(27)14-6-4-5-7-16(14)23/h4-7,13,26H,8-12H2,1-3H3,(H,24,28)(H,25,27)/t13-/m0/s1. The Bertz CT molecular complexity index is 917. The number of rotatable bonds is 5. The molecule has 0 saturated carbocycles. The number of halogens is 1. The summed E-state index contributed by atoms with van der Waals surface area (Å²) in [5.41, 5.74) is 2.09. The van der Waals surface area contributed by atoms with E-state index in [1.807, 2.05) is 0 Å². The molecule has 1 aromatic heterocycles. The first kappa shape index (κ1) is 21.8. The van der Waals surface area contributed by atoms with Crippen molar-refractivity contribution in [3.63, 3.8) is 0 Å². The van der Waals surface area contributed by atoms with Crippen LogP contribution in [0.5, 0.6) is 0 Å². The highest BCUT2D eigenvalue weighted by Gasteiger charge is 2.34. The minimum Gasteiger partial charge on any atom is -0.395 e. The Labute approximate surface area is 180 Å². The van der Waals surface area contributed by atoms with E-state index in [-0.39, 0.29) is 30.4 Å². The summed E-state index contributed by atoms with van der Waals surface area (Å²) in [6, 6.07) is 6.84. The van der Waals surface area contributed by atoms with Crippen LogP contribution >= 0.6 is 22.9 Å². The highest BCUT2D eigenvalue weighted by Crippen LogP contribution is 2.44. The van der Waals surface area contributed by atoms with E-state index < -0.39 is 0 Å². The van der Waals surface area contributed by atoms with Crippen molar-refractivity contribution in [2.75, 3.05) is 18.5 Å². The van der Waals surface area contributed by atoms with Gasteiger partial charge >= 0.3 is 0 Å². The summed E-state index contributed by atoms with van der Waals surface area (Å²) in [5.74, 6) is -0.0767. The Balaban J connectivity index is 1.95. The van der Waals surface area contributed by atoms with E-state index in [1.54, 1.807) is 24.3 Å². The molecule has 1 aliphatic carbocycles. The van der Waals surface area contributed by atoms with E-state index in [4.69, 9.17) is 16.7 Å². The van der Waals surface area contributed by atoms with E-state index in [0.717, 1.165) is 29.7 Å². The Morgan fingerprint density at radius 1 is 1.24 bits per heavy atom. The van der Waals surface area contributed by atoms with Crippen LogP contribution in [0.15, 0.2) is 24.3 Å². The Kier molecular flexibility index (Phi) is 6.66. The zero-order valence-corrected chi connectivity index (χ0v) is 18.5. The van der Waals surface area contributed by atoms with Gasteiger partial charge in [-0.1, -0.05) is 44.5 Å². The van der Waals surface area contributed by atoms with Crippen molar-refractivity contribution in [2.24, 2.45) is 11.3 Å². The van der Waals surface area contributed by atoms with Crippen molar-refractivity contribution in [1.82, 2.24) is 5.32 Å². The molecule has 1 atom stereocenters. The number of aliphatic hydroxyl groups excluding tert-OH is 1. The third-order valence-corrected chi connectivity index (χ3v) is 6.96. The molecule has 5 nitrogen and oxygen atoms in total. The van der Waals surface area contributed by atoms with E-state index >= 15 is 0 Å². The number of thiophene rings is 1. The van der Waals surface area contributed by atoms with Crippen molar-refractivity contribution in [3.05, 3.63) is 50.9 Å². The van der Waals surface area contributed by atoms with Crippen LogP contribution in [0.3, 0.4) is 0 Å². The monoisotopic (exact) mass is 434 g/mol. The minimum atomic E-state index is -0.335. The van der Waals surface area contributed by atoms with Gasteiger partial charge in [0.15, 0.2) is 0 Å². The highest BCUT2D eigenvalue weighted by atomic mass is 35.5. The minimum absolute atomic E-state index is 0.133. The lowest BCUT2D eigenvalue weighted by molar-refractivity contribution is 0.0944. The molecule has 0 saturated heterocycles. The number of carbonyl (C=O) groups excluding carboxylic acids is 2. The van der Waals surface area contributed by atoms with E-state index in [0.29, 0.717) is 27.1 Å². The van der Waals surface area contributed by atoms with Crippen LogP contribution in [0.2, 0.25) is 5.02 Å². The molecule has 0 bridgehead atoms. The van der Waals surface area contributed by atoms with Crippen molar-refractivity contribution >= 4 is 39.8 Å². The number of hydrogen-bond donors (Lipinski definition) is 3. The van der Waals surface area contributed by atoms with Crippen molar-refractivity contribution < 1.29 is 14.7 Å².